The van der Waals surface area contributed by atoms with Crippen LogP contribution in [0.1, 0.15) is 57.2 Å². The molecule has 2 fully saturated rings. The fourth-order valence-corrected chi connectivity index (χ4v) is 6.22. The molecule has 0 spiro atoms. The maximum Gasteiger partial charge on any atom is 0.338 e. The number of benzene rings is 2. The van der Waals surface area contributed by atoms with Crippen LogP contribution in [0.3, 0.4) is 0 Å². The van der Waals surface area contributed by atoms with Crippen molar-refractivity contribution in [2.75, 3.05) is 59.0 Å². The summed E-state index contributed by atoms with van der Waals surface area (Å²) in [5, 5.41) is 13.9. The van der Waals surface area contributed by atoms with E-state index in [-0.39, 0.29) is 23.4 Å². The Hall–Kier alpha value is -4.54. The number of hydrogen-bond donors (Lipinski definition) is 2. The highest BCUT2D eigenvalue weighted by molar-refractivity contribution is 6.01. The second kappa shape index (κ2) is 18.1. The number of piperidine rings is 1. The van der Waals surface area contributed by atoms with E-state index < -0.39 is 35.7 Å². The summed E-state index contributed by atoms with van der Waals surface area (Å²) in [6, 6.07) is 10.8. The largest absolute Gasteiger partial charge is 0.466 e. The van der Waals surface area contributed by atoms with E-state index in [1.807, 2.05) is 32.0 Å². The molecule has 0 radical (unpaired) electrons. The topological polar surface area (TPSA) is 127 Å². The van der Waals surface area contributed by atoms with Gasteiger partial charge in [-0.25, -0.2) is 28.1 Å². The minimum atomic E-state index is -1.34. The van der Waals surface area contributed by atoms with Crippen LogP contribution in [-0.2, 0) is 14.3 Å². The molecule has 48 heavy (non-hydrogen) atoms. The zero-order valence-corrected chi connectivity index (χ0v) is 28.5. The summed E-state index contributed by atoms with van der Waals surface area (Å²) in [6.45, 7) is 10.9. The van der Waals surface area contributed by atoms with Crippen molar-refractivity contribution < 1.29 is 32.6 Å². The number of rotatable bonds is 6. The van der Waals surface area contributed by atoms with Gasteiger partial charge in [-0.15, -0.1) is 0 Å². The van der Waals surface area contributed by atoms with Gasteiger partial charge < -0.3 is 25.0 Å². The number of anilines is 1. The van der Waals surface area contributed by atoms with Gasteiger partial charge in [0.15, 0.2) is 11.6 Å². The van der Waals surface area contributed by atoms with Gasteiger partial charge in [0, 0.05) is 39.8 Å². The van der Waals surface area contributed by atoms with Crippen molar-refractivity contribution in [2.45, 2.75) is 52.1 Å². The highest BCUT2D eigenvalue weighted by Gasteiger charge is 2.43. The molecule has 2 aromatic rings. The number of nitrogens with one attached hydrogen (secondary N) is 2. The van der Waals surface area contributed by atoms with E-state index in [1.54, 1.807) is 0 Å². The second-order valence-corrected chi connectivity index (χ2v) is 11.5. The fraction of sp³-hybridized carbons (Fsp3) is 0.486. The number of halogens is 2. The van der Waals surface area contributed by atoms with E-state index in [0.717, 1.165) is 55.5 Å². The Morgan fingerprint density at radius 1 is 1.04 bits per heavy atom. The van der Waals surface area contributed by atoms with Gasteiger partial charge >= 0.3 is 18.0 Å². The third-order valence-electron chi connectivity index (χ3n) is 8.52. The Morgan fingerprint density at radius 2 is 1.73 bits per heavy atom. The lowest BCUT2D eigenvalue weighted by molar-refractivity contribution is -0.137. The lowest BCUT2D eigenvalue weighted by Gasteiger charge is -2.38. The van der Waals surface area contributed by atoms with Crippen molar-refractivity contribution in [2.24, 2.45) is 5.92 Å². The van der Waals surface area contributed by atoms with Crippen molar-refractivity contribution in [3.05, 3.63) is 76.5 Å². The maximum absolute atomic E-state index is 13.7. The Morgan fingerprint density at radius 3 is 2.29 bits per heavy atom. The molecular formula is C35H46F2N6O5. The molecule has 2 N–H and O–H groups in total. The second-order valence-electron chi connectivity index (χ2n) is 11.5. The van der Waals surface area contributed by atoms with Gasteiger partial charge in [0.25, 0.3) is 0 Å². The van der Waals surface area contributed by atoms with Crippen molar-refractivity contribution in [1.82, 2.24) is 20.4 Å². The molecule has 11 nitrogen and oxygen atoms in total. The molecule has 3 heterocycles. The predicted molar refractivity (Wildman–Crippen MR) is 178 cm³/mol. The number of nitriles is 1. The molecule has 0 saturated carbocycles. The highest BCUT2D eigenvalue weighted by atomic mass is 19.2. The molecule has 13 heteroatoms. The van der Waals surface area contributed by atoms with Crippen LogP contribution in [0.15, 0.2) is 53.7 Å². The molecule has 2 aromatic carbocycles. The number of ether oxygens (including phenoxy) is 2. The molecule has 2 atom stereocenters. The number of imide groups is 1. The zero-order chi connectivity index (χ0) is 35.4. The van der Waals surface area contributed by atoms with Crippen LogP contribution >= 0.6 is 0 Å². The first-order valence-electron chi connectivity index (χ1n) is 16.2. The first-order chi connectivity index (χ1) is 23.1. The molecule has 3 aliphatic rings. The third-order valence-corrected chi connectivity index (χ3v) is 8.52. The number of carbonyl (C=O) groups is 3. The van der Waals surface area contributed by atoms with Gasteiger partial charge in [-0.3, -0.25) is 4.90 Å². The summed E-state index contributed by atoms with van der Waals surface area (Å²) in [7, 11) is 3.73. The van der Waals surface area contributed by atoms with Crippen LogP contribution in [0, 0.1) is 28.9 Å². The number of likely N-dealkylation sites (tertiary alicyclic amines) is 1. The van der Waals surface area contributed by atoms with E-state index in [4.69, 9.17) is 9.47 Å². The summed E-state index contributed by atoms with van der Waals surface area (Å²) in [5.41, 5.74) is 1.85. The maximum atomic E-state index is 13.7. The van der Waals surface area contributed by atoms with Crippen molar-refractivity contribution >= 4 is 23.7 Å². The number of methoxy groups -OCH3 is 2. The summed E-state index contributed by atoms with van der Waals surface area (Å²) in [5.74, 6) is -2.29. The van der Waals surface area contributed by atoms with E-state index >= 15 is 0 Å². The first-order valence-corrected chi connectivity index (χ1v) is 16.2. The predicted octanol–water partition coefficient (Wildman–Crippen LogP) is 5.34. The minimum absolute atomic E-state index is 0.0105. The normalized spacial score (nSPS) is 19.7. The van der Waals surface area contributed by atoms with E-state index in [9.17, 15) is 28.4 Å². The molecule has 4 amide bonds. The van der Waals surface area contributed by atoms with Crippen molar-refractivity contribution in [3.8, 4) is 6.07 Å². The zero-order valence-electron chi connectivity index (χ0n) is 28.5. The summed E-state index contributed by atoms with van der Waals surface area (Å²) in [4.78, 5) is 42.7. The van der Waals surface area contributed by atoms with Crippen molar-refractivity contribution in [3.63, 3.8) is 0 Å². The number of para-hydroxylation sites is 1. The minimum Gasteiger partial charge on any atom is -0.466 e. The Labute approximate surface area is 281 Å². The molecule has 0 aromatic heterocycles. The Bertz CT molecular complexity index is 1500. The molecule has 3 aliphatic heterocycles. The van der Waals surface area contributed by atoms with Crippen LogP contribution in [-0.4, -0.2) is 87.9 Å². The number of nitrogens with zero attached hydrogens (tertiary/aromatic N) is 4. The average molecular weight is 669 g/mol. The van der Waals surface area contributed by atoms with Crippen LogP contribution in [0.25, 0.3) is 0 Å². The van der Waals surface area contributed by atoms with Gasteiger partial charge in [-0.05, 0) is 61.6 Å². The molecule has 1 unspecified atom stereocenters. The standard InChI is InChI=1S/C17H23N3.C16H17F2N3O5.C2H6/c1-14-6-9-20(13-14)16-7-10-19(11-8-16)17-5-3-2-4-15(17)12-18;1-19-15(23)21-13(8-4-5-9(17)10(18)6-8)12(14(22)26-3)11(7-25-2)20-16(21)24;1-2/h2-5,14,16H,6-11,13H2,1H3;4-6,13H,7H2,1-3H3,(H,19,23)(H,20,24);1-2H3/t;13-;/m.0./s1. The number of urea groups is 2. The van der Waals surface area contributed by atoms with E-state index in [2.05, 4.69) is 39.5 Å². The molecular weight excluding hydrogens is 622 g/mol. The van der Waals surface area contributed by atoms with Gasteiger partial charge in [0.2, 0.25) is 0 Å². The smallest absolute Gasteiger partial charge is 0.338 e. The number of amides is 4. The number of hydrogen-bond acceptors (Lipinski definition) is 8. The van der Waals surface area contributed by atoms with Crippen LogP contribution in [0.4, 0.5) is 24.1 Å². The van der Waals surface area contributed by atoms with Crippen LogP contribution in [0.5, 0.6) is 0 Å². The summed E-state index contributed by atoms with van der Waals surface area (Å²) >= 11 is 0. The number of esters is 1. The van der Waals surface area contributed by atoms with Crippen LogP contribution < -0.4 is 15.5 Å². The lowest BCUT2D eigenvalue weighted by Crippen LogP contribution is -2.54. The van der Waals surface area contributed by atoms with Gasteiger partial charge in [0.05, 0.1) is 36.2 Å². The Kier molecular flexibility index (Phi) is 14.3. The lowest BCUT2D eigenvalue weighted by atomic mass is 9.93. The molecule has 260 valence electrons. The summed E-state index contributed by atoms with van der Waals surface area (Å²) < 4.78 is 36.8. The van der Waals surface area contributed by atoms with Gasteiger partial charge in [-0.1, -0.05) is 39.0 Å². The molecule has 0 aliphatic carbocycles. The highest BCUT2D eigenvalue weighted by Crippen LogP contribution is 2.35. The Balaban J connectivity index is 0.000000254. The van der Waals surface area contributed by atoms with Gasteiger partial charge in [0.1, 0.15) is 12.1 Å². The molecule has 5 rings (SSSR count). The van der Waals surface area contributed by atoms with Gasteiger partial charge in [-0.2, -0.15) is 5.26 Å². The van der Waals surface area contributed by atoms with E-state index in [0.29, 0.717) is 4.90 Å². The third kappa shape index (κ3) is 8.87. The quantitative estimate of drug-likeness (QED) is 0.395. The van der Waals surface area contributed by atoms with E-state index in [1.165, 1.54) is 52.6 Å². The SMILES string of the molecule is CC.CC1CCN(C2CCN(c3ccccc3C#N)CC2)C1.CNC(=O)N1C(=O)NC(COC)=C(C(=O)OC)[C@@H]1c1ccc(F)c(F)c1. The molecule has 0 bridgehead atoms. The first kappa shape index (κ1) is 37.9. The monoisotopic (exact) mass is 668 g/mol. The molecule has 2 saturated heterocycles. The van der Waals surface area contributed by atoms with Crippen LogP contribution in [0.2, 0.25) is 0 Å². The summed E-state index contributed by atoms with van der Waals surface area (Å²) in [6.07, 6.45) is 3.82. The number of carbonyl (C=O) groups excluding carboxylic acids is 3. The van der Waals surface area contributed by atoms with Crippen molar-refractivity contribution in [1.29, 1.82) is 5.26 Å². The average Bonchev–Trinajstić information content (AvgIpc) is 3.56. The fourth-order valence-electron chi connectivity index (χ4n) is 6.22.